The number of anilines is 1. The monoisotopic (exact) mass is 338 g/mol. The molecule has 0 spiro atoms. The predicted octanol–water partition coefficient (Wildman–Crippen LogP) is -0.0686. The Labute approximate surface area is 141 Å². The Balaban J connectivity index is 1.94. The number of amides is 3. The van der Waals surface area contributed by atoms with E-state index in [0.717, 1.165) is 22.6 Å². The van der Waals surface area contributed by atoms with Crippen LogP contribution in [0, 0.1) is 0 Å². The van der Waals surface area contributed by atoms with Crippen molar-refractivity contribution in [2.45, 2.75) is 6.42 Å². The maximum Gasteiger partial charge on any atom is 0.262 e. The number of nitrogens with one attached hydrogen (secondary N) is 1. The Hall–Kier alpha value is -3.42. The van der Waals surface area contributed by atoms with Crippen molar-refractivity contribution < 1.29 is 14.4 Å². The number of fused-ring (bicyclic) bond motifs is 2. The lowest BCUT2D eigenvalue weighted by atomic mass is 9.98. The maximum atomic E-state index is 12.5. The number of carbonyl (C=O) groups excluding carboxylic acids is 3. The smallest absolute Gasteiger partial charge is 0.262 e. The van der Waals surface area contributed by atoms with Crippen LogP contribution in [0.3, 0.4) is 0 Å². The molecular weight excluding hydrogens is 324 g/mol. The number of aromatic nitrogens is 1. The second-order valence-electron chi connectivity index (χ2n) is 6.09. The van der Waals surface area contributed by atoms with Gasteiger partial charge in [-0.1, -0.05) is 6.07 Å². The van der Waals surface area contributed by atoms with Crippen molar-refractivity contribution in [3.8, 4) is 5.69 Å². The number of nitrogens with two attached hydrogens (primary N) is 1. The third-order valence-electron chi connectivity index (χ3n) is 4.60. The molecule has 0 atom stereocenters. The first-order valence-electron chi connectivity index (χ1n) is 7.68. The van der Waals surface area contributed by atoms with Crippen LogP contribution in [-0.4, -0.2) is 40.8 Å². The van der Waals surface area contributed by atoms with Crippen LogP contribution < -0.4 is 16.6 Å². The van der Waals surface area contributed by atoms with Crippen LogP contribution in [0.4, 0.5) is 5.82 Å². The highest BCUT2D eigenvalue weighted by Crippen LogP contribution is 2.25. The first-order chi connectivity index (χ1) is 11.9. The summed E-state index contributed by atoms with van der Waals surface area (Å²) in [5.41, 5.74) is 7.19. The van der Waals surface area contributed by atoms with E-state index in [1.165, 1.54) is 0 Å². The van der Waals surface area contributed by atoms with Crippen LogP contribution in [0.15, 0.2) is 29.1 Å². The van der Waals surface area contributed by atoms with Crippen molar-refractivity contribution >= 4 is 23.5 Å². The fourth-order valence-corrected chi connectivity index (χ4v) is 3.26. The average Bonchev–Trinajstić information content (AvgIpc) is 2.85. The first-order valence-corrected chi connectivity index (χ1v) is 7.68. The van der Waals surface area contributed by atoms with Crippen molar-refractivity contribution in [2.75, 3.05) is 19.3 Å². The van der Waals surface area contributed by atoms with Gasteiger partial charge >= 0.3 is 0 Å². The van der Waals surface area contributed by atoms with Crippen LogP contribution in [0.2, 0.25) is 0 Å². The molecule has 8 nitrogen and oxygen atoms in total. The molecule has 3 N–H and O–H groups in total. The van der Waals surface area contributed by atoms with Gasteiger partial charge in [0.25, 0.3) is 23.3 Å². The lowest BCUT2D eigenvalue weighted by Crippen LogP contribution is -2.34. The third kappa shape index (κ3) is 2.07. The van der Waals surface area contributed by atoms with E-state index in [0.29, 0.717) is 17.8 Å². The number of likely N-dealkylation sites (N-methyl/N-ethyl adjacent to an activating group) is 1. The molecule has 25 heavy (non-hydrogen) atoms. The number of carbonyl (C=O) groups is 3. The lowest BCUT2D eigenvalue weighted by Gasteiger charge is -2.25. The Morgan fingerprint density at radius 1 is 1.04 bits per heavy atom. The lowest BCUT2D eigenvalue weighted by molar-refractivity contribution is 0.0779. The molecule has 8 heteroatoms. The van der Waals surface area contributed by atoms with Crippen molar-refractivity contribution in [3.05, 3.63) is 56.9 Å². The highest BCUT2D eigenvalue weighted by atomic mass is 16.2. The highest BCUT2D eigenvalue weighted by Gasteiger charge is 2.32. The summed E-state index contributed by atoms with van der Waals surface area (Å²) in [4.78, 5) is 50.1. The fraction of sp³-hybridized carbons (Fsp3) is 0.176. The van der Waals surface area contributed by atoms with Crippen LogP contribution in [0.1, 0.15) is 36.6 Å². The van der Waals surface area contributed by atoms with Gasteiger partial charge in [0.2, 0.25) is 0 Å². The van der Waals surface area contributed by atoms with Crippen molar-refractivity contribution in [1.82, 2.24) is 14.8 Å². The molecular formula is C17H14N4O4. The highest BCUT2D eigenvalue weighted by molar-refractivity contribution is 6.23. The summed E-state index contributed by atoms with van der Waals surface area (Å²) in [6.07, 6.45) is 0.726. The number of hydrogen-bond acceptors (Lipinski definition) is 5. The molecule has 0 bridgehead atoms. The van der Waals surface area contributed by atoms with Crippen LogP contribution >= 0.6 is 0 Å². The number of nitrogen functional groups attached to an aromatic ring is 1. The van der Waals surface area contributed by atoms with E-state index in [1.54, 1.807) is 30.1 Å². The first kappa shape index (κ1) is 15.1. The zero-order chi connectivity index (χ0) is 17.9. The molecule has 4 rings (SSSR count). The second-order valence-corrected chi connectivity index (χ2v) is 6.09. The normalized spacial score (nSPS) is 15.9. The Bertz CT molecular complexity index is 1040. The summed E-state index contributed by atoms with van der Waals surface area (Å²) < 4.78 is 1.14. The molecule has 0 unspecified atom stereocenters. The number of pyridine rings is 1. The van der Waals surface area contributed by atoms with Crippen molar-refractivity contribution in [1.29, 1.82) is 0 Å². The number of nitrogens with zero attached hydrogens (tertiary/aromatic N) is 2. The van der Waals surface area contributed by atoms with Gasteiger partial charge in [-0.2, -0.15) is 0 Å². The summed E-state index contributed by atoms with van der Waals surface area (Å²) in [6, 6.07) is 6.13. The zero-order valence-electron chi connectivity index (χ0n) is 13.3. The van der Waals surface area contributed by atoms with Gasteiger partial charge in [-0.05, 0) is 24.1 Å². The molecule has 3 heterocycles. The predicted molar refractivity (Wildman–Crippen MR) is 88.9 cm³/mol. The topological polar surface area (TPSA) is 114 Å². The number of imide groups is 1. The summed E-state index contributed by atoms with van der Waals surface area (Å²) in [5.74, 6) is -1.54. The molecule has 0 fully saturated rings. The summed E-state index contributed by atoms with van der Waals surface area (Å²) in [5, 5.41) is 2.12. The number of benzene rings is 1. The molecule has 0 saturated heterocycles. The van der Waals surface area contributed by atoms with Gasteiger partial charge in [0.1, 0.15) is 5.82 Å². The van der Waals surface area contributed by atoms with Gasteiger partial charge in [-0.25, -0.2) is 0 Å². The van der Waals surface area contributed by atoms with E-state index in [9.17, 15) is 19.2 Å². The Kier molecular flexibility index (Phi) is 3.05. The van der Waals surface area contributed by atoms with Gasteiger partial charge in [0.05, 0.1) is 16.8 Å². The molecule has 2 aliphatic heterocycles. The molecule has 1 aromatic carbocycles. The minimum Gasteiger partial charge on any atom is -0.384 e. The van der Waals surface area contributed by atoms with E-state index >= 15 is 0 Å². The van der Waals surface area contributed by atoms with Crippen molar-refractivity contribution in [2.24, 2.45) is 0 Å². The Morgan fingerprint density at radius 2 is 1.80 bits per heavy atom. The molecule has 126 valence electrons. The van der Waals surface area contributed by atoms with E-state index in [1.807, 2.05) is 0 Å². The van der Waals surface area contributed by atoms with Gasteiger partial charge < -0.3 is 10.6 Å². The van der Waals surface area contributed by atoms with Crippen molar-refractivity contribution in [3.63, 3.8) is 0 Å². The van der Waals surface area contributed by atoms with E-state index in [-0.39, 0.29) is 22.9 Å². The quantitative estimate of drug-likeness (QED) is 0.707. The molecule has 0 saturated carbocycles. The van der Waals surface area contributed by atoms with Crippen LogP contribution in [0.5, 0.6) is 0 Å². The number of rotatable bonds is 1. The molecule has 2 aliphatic rings. The van der Waals surface area contributed by atoms with E-state index in [2.05, 4.69) is 5.32 Å². The average molecular weight is 338 g/mol. The maximum absolute atomic E-state index is 12.5. The van der Waals surface area contributed by atoms with E-state index in [4.69, 9.17) is 5.73 Å². The van der Waals surface area contributed by atoms with Gasteiger partial charge in [-0.3, -0.25) is 29.1 Å². The van der Waals surface area contributed by atoms with Gasteiger partial charge in [-0.15, -0.1) is 0 Å². The third-order valence-corrected chi connectivity index (χ3v) is 4.60. The van der Waals surface area contributed by atoms with Gasteiger partial charge in [0.15, 0.2) is 0 Å². The van der Waals surface area contributed by atoms with E-state index < -0.39 is 17.4 Å². The second kappa shape index (κ2) is 5.04. The zero-order valence-corrected chi connectivity index (χ0v) is 13.3. The summed E-state index contributed by atoms with van der Waals surface area (Å²) >= 11 is 0. The van der Waals surface area contributed by atoms with Crippen LogP contribution in [-0.2, 0) is 6.42 Å². The molecule has 2 aromatic rings. The summed E-state index contributed by atoms with van der Waals surface area (Å²) in [6.45, 7) is 0.633. The van der Waals surface area contributed by atoms with Gasteiger partial charge in [0, 0.05) is 25.2 Å². The minimum absolute atomic E-state index is 0.0224. The minimum atomic E-state index is -0.641. The molecule has 3 amide bonds. The largest absolute Gasteiger partial charge is 0.384 e. The SMILES string of the molecule is CN1CCc2ccc(-n3c(N)c4c(cc3=O)C(=O)NC4=O)cc2C1=O. The molecule has 0 aliphatic carbocycles. The Morgan fingerprint density at radius 3 is 2.56 bits per heavy atom. The fourth-order valence-electron chi connectivity index (χ4n) is 3.26. The standard InChI is InChI=1S/C17H14N4O4/c1-20-5-4-8-2-3-9(6-10(8)17(20)25)21-12(22)7-11-13(14(21)18)16(24)19-15(11)23/h2-3,6-7H,4-5,18H2,1H3,(H,19,23,24). The number of hydrogen-bond donors (Lipinski definition) is 2. The van der Waals surface area contributed by atoms with Crippen LogP contribution in [0.25, 0.3) is 5.69 Å². The molecule has 1 aromatic heterocycles. The summed E-state index contributed by atoms with van der Waals surface area (Å²) in [7, 11) is 1.71. The molecule has 0 radical (unpaired) electrons.